The SMILES string of the molecule is CCC1CCC(O)(CNCC2CCC=CO2)CC1. The summed E-state index contributed by atoms with van der Waals surface area (Å²) in [6.45, 7) is 3.82. The second-order valence-electron chi connectivity index (χ2n) is 5.91. The maximum atomic E-state index is 10.5. The van der Waals surface area contributed by atoms with E-state index in [0.717, 1.165) is 38.1 Å². The van der Waals surface area contributed by atoms with Crippen molar-refractivity contribution in [2.45, 2.75) is 63.6 Å². The molecular formula is C15H27NO2. The van der Waals surface area contributed by atoms with Crippen LogP contribution in [0.15, 0.2) is 12.3 Å². The first-order valence-corrected chi connectivity index (χ1v) is 7.45. The summed E-state index contributed by atoms with van der Waals surface area (Å²) < 4.78 is 5.51. The molecule has 18 heavy (non-hydrogen) atoms. The maximum Gasteiger partial charge on any atom is 0.110 e. The van der Waals surface area contributed by atoms with Crippen LogP contribution >= 0.6 is 0 Å². The van der Waals surface area contributed by atoms with Crippen LogP contribution in [0.3, 0.4) is 0 Å². The van der Waals surface area contributed by atoms with Gasteiger partial charge >= 0.3 is 0 Å². The highest BCUT2D eigenvalue weighted by atomic mass is 16.5. The summed E-state index contributed by atoms with van der Waals surface area (Å²) in [6.07, 6.45) is 11.8. The van der Waals surface area contributed by atoms with Gasteiger partial charge in [-0.05, 0) is 50.5 Å². The average molecular weight is 253 g/mol. The third-order valence-corrected chi connectivity index (χ3v) is 4.46. The molecule has 1 saturated carbocycles. The van der Waals surface area contributed by atoms with Crippen molar-refractivity contribution in [2.75, 3.05) is 13.1 Å². The first kappa shape index (κ1) is 13.9. The lowest BCUT2D eigenvalue weighted by atomic mass is 9.78. The smallest absolute Gasteiger partial charge is 0.110 e. The van der Waals surface area contributed by atoms with E-state index in [0.29, 0.717) is 6.54 Å². The molecule has 1 unspecified atom stereocenters. The molecule has 2 N–H and O–H groups in total. The number of hydrogen-bond donors (Lipinski definition) is 2. The Kier molecular flexibility index (Phi) is 5.07. The van der Waals surface area contributed by atoms with E-state index in [2.05, 4.69) is 18.3 Å². The number of nitrogens with one attached hydrogen (secondary N) is 1. The largest absolute Gasteiger partial charge is 0.497 e. The summed E-state index contributed by atoms with van der Waals surface area (Å²) in [7, 11) is 0. The van der Waals surface area contributed by atoms with Gasteiger partial charge in [0.2, 0.25) is 0 Å². The lowest BCUT2D eigenvalue weighted by Gasteiger charge is -2.36. The highest BCUT2D eigenvalue weighted by Crippen LogP contribution is 2.33. The third-order valence-electron chi connectivity index (χ3n) is 4.46. The first-order valence-electron chi connectivity index (χ1n) is 7.45. The van der Waals surface area contributed by atoms with E-state index >= 15 is 0 Å². The zero-order valence-electron chi connectivity index (χ0n) is 11.5. The average Bonchev–Trinajstić information content (AvgIpc) is 2.41. The Morgan fingerprint density at radius 2 is 2.11 bits per heavy atom. The summed E-state index contributed by atoms with van der Waals surface area (Å²) in [6, 6.07) is 0. The molecule has 0 amide bonds. The van der Waals surface area contributed by atoms with Gasteiger partial charge in [-0.2, -0.15) is 0 Å². The van der Waals surface area contributed by atoms with Gasteiger partial charge < -0.3 is 15.2 Å². The Hall–Kier alpha value is -0.540. The van der Waals surface area contributed by atoms with Gasteiger partial charge in [0, 0.05) is 13.1 Å². The van der Waals surface area contributed by atoms with E-state index in [1.165, 1.54) is 19.3 Å². The van der Waals surface area contributed by atoms with E-state index in [9.17, 15) is 5.11 Å². The number of hydrogen-bond acceptors (Lipinski definition) is 3. The zero-order valence-corrected chi connectivity index (χ0v) is 11.5. The molecule has 3 nitrogen and oxygen atoms in total. The summed E-state index contributed by atoms with van der Waals surface area (Å²) in [5.41, 5.74) is -0.476. The van der Waals surface area contributed by atoms with Crippen LogP contribution < -0.4 is 5.32 Å². The van der Waals surface area contributed by atoms with Crippen LogP contribution in [-0.4, -0.2) is 29.9 Å². The summed E-state index contributed by atoms with van der Waals surface area (Å²) >= 11 is 0. The van der Waals surface area contributed by atoms with Crippen LogP contribution in [0.1, 0.15) is 51.9 Å². The number of ether oxygens (including phenoxy) is 1. The molecule has 1 aliphatic carbocycles. The quantitative estimate of drug-likeness (QED) is 0.791. The fourth-order valence-electron chi connectivity index (χ4n) is 3.00. The van der Waals surface area contributed by atoms with Crippen molar-refractivity contribution >= 4 is 0 Å². The molecule has 1 heterocycles. The minimum atomic E-state index is -0.476. The second kappa shape index (κ2) is 6.58. The normalized spacial score (nSPS) is 36.3. The fourth-order valence-corrected chi connectivity index (χ4v) is 3.00. The Morgan fingerprint density at radius 3 is 2.72 bits per heavy atom. The molecular weight excluding hydrogens is 226 g/mol. The Labute approximate surface area is 111 Å². The van der Waals surface area contributed by atoms with Crippen LogP contribution in [-0.2, 0) is 4.74 Å². The molecule has 104 valence electrons. The predicted molar refractivity (Wildman–Crippen MR) is 73.3 cm³/mol. The molecule has 0 aromatic carbocycles. The topological polar surface area (TPSA) is 41.5 Å². The molecule has 3 heteroatoms. The number of allylic oxidation sites excluding steroid dienone is 1. The van der Waals surface area contributed by atoms with Gasteiger partial charge in [-0.3, -0.25) is 0 Å². The molecule has 2 aliphatic rings. The van der Waals surface area contributed by atoms with E-state index in [1.54, 1.807) is 6.26 Å². The van der Waals surface area contributed by atoms with Gasteiger partial charge in [-0.25, -0.2) is 0 Å². The summed E-state index contributed by atoms with van der Waals surface area (Å²) in [4.78, 5) is 0. The Bertz CT molecular complexity index is 270. The van der Waals surface area contributed by atoms with Crippen LogP contribution in [0.2, 0.25) is 0 Å². The molecule has 0 radical (unpaired) electrons. The lowest BCUT2D eigenvalue weighted by Crippen LogP contribution is -2.45. The first-order chi connectivity index (χ1) is 8.72. The van der Waals surface area contributed by atoms with Crippen molar-refractivity contribution in [2.24, 2.45) is 5.92 Å². The van der Waals surface area contributed by atoms with Gasteiger partial charge in [-0.15, -0.1) is 0 Å². The van der Waals surface area contributed by atoms with Crippen molar-refractivity contribution < 1.29 is 9.84 Å². The molecule has 2 rings (SSSR count). The molecule has 1 atom stereocenters. The molecule has 0 aromatic heterocycles. The molecule has 0 spiro atoms. The summed E-state index contributed by atoms with van der Waals surface area (Å²) in [5.74, 6) is 0.831. The van der Waals surface area contributed by atoms with Crippen LogP contribution in [0.25, 0.3) is 0 Å². The minimum Gasteiger partial charge on any atom is -0.497 e. The zero-order chi connectivity index (χ0) is 12.8. The predicted octanol–water partition coefficient (Wildman–Crippen LogP) is 2.60. The van der Waals surface area contributed by atoms with Crippen molar-refractivity contribution in [3.05, 3.63) is 12.3 Å². The van der Waals surface area contributed by atoms with E-state index in [-0.39, 0.29) is 6.10 Å². The van der Waals surface area contributed by atoms with Gasteiger partial charge in [0.15, 0.2) is 0 Å². The van der Waals surface area contributed by atoms with E-state index < -0.39 is 5.60 Å². The van der Waals surface area contributed by atoms with Crippen molar-refractivity contribution in [1.29, 1.82) is 0 Å². The third kappa shape index (κ3) is 3.99. The molecule has 0 saturated heterocycles. The highest BCUT2D eigenvalue weighted by Gasteiger charge is 2.32. The lowest BCUT2D eigenvalue weighted by molar-refractivity contribution is -0.0111. The van der Waals surface area contributed by atoms with Crippen LogP contribution in [0.4, 0.5) is 0 Å². The Balaban J connectivity index is 1.65. The van der Waals surface area contributed by atoms with Gasteiger partial charge in [0.25, 0.3) is 0 Å². The standard InChI is InChI=1S/C15H27NO2/c1-2-13-6-8-15(17,9-7-13)12-16-11-14-5-3-4-10-18-14/h4,10,13-14,16-17H,2-3,5-9,11-12H2,1H3. The van der Waals surface area contributed by atoms with Crippen LogP contribution in [0.5, 0.6) is 0 Å². The minimum absolute atomic E-state index is 0.283. The summed E-state index contributed by atoms with van der Waals surface area (Å²) in [5, 5.41) is 13.9. The highest BCUT2D eigenvalue weighted by molar-refractivity contribution is 4.88. The fraction of sp³-hybridized carbons (Fsp3) is 0.867. The van der Waals surface area contributed by atoms with Crippen molar-refractivity contribution in [3.63, 3.8) is 0 Å². The molecule has 0 bridgehead atoms. The van der Waals surface area contributed by atoms with Gasteiger partial charge in [0.05, 0.1) is 11.9 Å². The van der Waals surface area contributed by atoms with Crippen LogP contribution in [0, 0.1) is 5.92 Å². The monoisotopic (exact) mass is 253 g/mol. The van der Waals surface area contributed by atoms with E-state index in [4.69, 9.17) is 4.74 Å². The molecule has 1 aliphatic heterocycles. The molecule has 0 aromatic rings. The van der Waals surface area contributed by atoms with Gasteiger partial charge in [0.1, 0.15) is 6.10 Å². The number of rotatable bonds is 5. The van der Waals surface area contributed by atoms with Crippen molar-refractivity contribution in [3.8, 4) is 0 Å². The maximum absolute atomic E-state index is 10.5. The second-order valence-corrected chi connectivity index (χ2v) is 5.91. The number of aliphatic hydroxyl groups is 1. The van der Waals surface area contributed by atoms with E-state index in [1.807, 2.05) is 0 Å². The van der Waals surface area contributed by atoms with Crippen molar-refractivity contribution in [1.82, 2.24) is 5.32 Å². The molecule has 1 fully saturated rings. The van der Waals surface area contributed by atoms with Gasteiger partial charge in [-0.1, -0.05) is 13.3 Å². The Morgan fingerprint density at radius 1 is 1.33 bits per heavy atom.